The molecule has 2 aliphatic heterocycles. The first-order chi connectivity index (χ1) is 13.1. The molecule has 1 aromatic heterocycles. The van der Waals surface area contributed by atoms with Crippen LogP contribution in [0.15, 0.2) is 18.2 Å². The second kappa shape index (κ2) is 8.09. The van der Waals surface area contributed by atoms with E-state index in [2.05, 4.69) is 28.3 Å². The highest BCUT2D eigenvalue weighted by molar-refractivity contribution is 6.32. The summed E-state index contributed by atoms with van der Waals surface area (Å²) in [5.74, 6) is 2.02. The predicted molar refractivity (Wildman–Crippen MR) is 107 cm³/mol. The summed E-state index contributed by atoms with van der Waals surface area (Å²) in [6.45, 7) is 6.90. The molecule has 1 N–H and O–H groups in total. The first-order valence-electron chi connectivity index (χ1n) is 9.65. The molecule has 6 nitrogen and oxygen atoms in total. The van der Waals surface area contributed by atoms with Gasteiger partial charge >= 0.3 is 0 Å². The summed E-state index contributed by atoms with van der Waals surface area (Å²) in [5, 5.41) is 9.11. The number of anilines is 1. The van der Waals surface area contributed by atoms with Gasteiger partial charge in [-0.05, 0) is 25.8 Å². The molecule has 0 amide bonds. The Morgan fingerprint density at radius 1 is 1.26 bits per heavy atom. The number of rotatable bonds is 4. The standard InChI is InChI=1S/C20H27ClN4O2/c1-14-16(20(24(2)23-14)25-8-11-26-12-9-25)13-22-18-7-4-10-27-19-15(18)5-3-6-17(19)21/h3,5-6,18,22H,4,7-13H2,1-2H3. The van der Waals surface area contributed by atoms with Gasteiger partial charge in [-0.1, -0.05) is 23.7 Å². The Labute approximate surface area is 165 Å². The molecule has 7 heteroatoms. The van der Waals surface area contributed by atoms with Gasteiger partial charge in [0.2, 0.25) is 0 Å². The fourth-order valence-corrected chi connectivity index (χ4v) is 4.31. The molecule has 2 aliphatic rings. The molecule has 27 heavy (non-hydrogen) atoms. The average molecular weight is 391 g/mol. The summed E-state index contributed by atoms with van der Waals surface area (Å²) in [7, 11) is 2.02. The van der Waals surface area contributed by atoms with Gasteiger partial charge in [0.05, 0.1) is 30.5 Å². The van der Waals surface area contributed by atoms with Gasteiger partial charge < -0.3 is 19.7 Å². The van der Waals surface area contributed by atoms with Gasteiger partial charge in [0.15, 0.2) is 0 Å². The van der Waals surface area contributed by atoms with Crippen molar-refractivity contribution in [2.24, 2.45) is 7.05 Å². The van der Waals surface area contributed by atoms with Crippen LogP contribution < -0.4 is 15.0 Å². The molecule has 0 saturated carbocycles. The second-order valence-electron chi connectivity index (χ2n) is 7.19. The molecule has 0 spiro atoms. The third-order valence-corrected chi connectivity index (χ3v) is 5.70. The minimum Gasteiger partial charge on any atom is -0.492 e. The molecule has 1 unspecified atom stereocenters. The molecule has 4 rings (SSSR count). The van der Waals surface area contributed by atoms with Crippen LogP contribution in [0.25, 0.3) is 0 Å². The Morgan fingerprint density at radius 2 is 2.07 bits per heavy atom. The van der Waals surface area contributed by atoms with Crippen LogP contribution in [-0.4, -0.2) is 42.7 Å². The highest BCUT2D eigenvalue weighted by atomic mass is 35.5. The molecule has 146 valence electrons. The quantitative estimate of drug-likeness (QED) is 0.868. The number of benzene rings is 1. The van der Waals surface area contributed by atoms with Crippen molar-refractivity contribution in [1.82, 2.24) is 15.1 Å². The third-order valence-electron chi connectivity index (χ3n) is 5.41. The van der Waals surface area contributed by atoms with E-state index in [9.17, 15) is 0 Å². The van der Waals surface area contributed by atoms with E-state index >= 15 is 0 Å². The largest absolute Gasteiger partial charge is 0.492 e. The van der Waals surface area contributed by atoms with Crippen LogP contribution in [0.4, 0.5) is 5.82 Å². The van der Waals surface area contributed by atoms with Crippen LogP contribution in [0.2, 0.25) is 5.02 Å². The molecule has 0 aliphatic carbocycles. The Kier molecular flexibility index (Phi) is 5.57. The highest BCUT2D eigenvalue weighted by Gasteiger charge is 2.25. The maximum absolute atomic E-state index is 6.37. The number of ether oxygens (including phenoxy) is 2. The number of nitrogens with one attached hydrogen (secondary N) is 1. The van der Waals surface area contributed by atoms with E-state index in [1.807, 2.05) is 23.9 Å². The lowest BCUT2D eigenvalue weighted by molar-refractivity contribution is 0.122. The van der Waals surface area contributed by atoms with Crippen molar-refractivity contribution in [3.8, 4) is 5.75 Å². The minimum absolute atomic E-state index is 0.221. The summed E-state index contributed by atoms with van der Waals surface area (Å²) < 4.78 is 13.4. The molecule has 2 aromatic rings. The fraction of sp³-hybridized carbons (Fsp3) is 0.550. The van der Waals surface area contributed by atoms with Crippen LogP contribution in [0.5, 0.6) is 5.75 Å². The van der Waals surface area contributed by atoms with Gasteiger partial charge in [-0.3, -0.25) is 4.68 Å². The zero-order valence-corrected chi connectivity index (χ0v) is 16.8. The summed E-state index contributed by atoms with van der Waals surface area (Å²) in [6.07, 6.45) is 2.03. The zero-order valence-electron chi connectivity index (χ0n) is 16.0. The van der Waals surface area contributed by atoms with E-state index in [0.717, 1.165) is 62.7 Å². The third kappa shape index (κ3) is 3.79. The number of nitrogens with zero attached hydrogens (tertiary/aromatic N) is 3. The minimum atomic E-state index is 0.221. The Hall–Kier alpha value is -1.76. The van der Waals surface area contributed by atoms with E-state index in [1.165, 1.54) is 11.4 Å². The lowest BCUT2D eigenvalue weighted by Crippen LogP contribution is -2.38. The SMILES string of the molecule is Cc1nn(C)c(N2CCOCC2)c1CNC1CCCOc2c(Cl)cccc21. The number of hydrogen-bond acceptors (Lipinski definition) is 5. The van der Waals surface area contributed by atoms with Crippen molar-refractivity contribution in [2.45, 2.75) is 32.4 Å². The maximum atomic E-state index is 6.37. The molecule has 3 heterocycles. The first-order valence-corrected chi connectivity index (χ1v) is 10.0. The highest BCUT2D eigenvalue weighted by Crippen LogP contribution is 2.37. The van der Waals surface area contributed by atoms with Crippen molar-refractivity contribution < 1.29 is 9.47 Å². The molecule has 1 atom stereocenters. The second-order valence-corrected chi connectivity index (χ2v) is 7.60. The number of fused-ring (bicyclic) bond motifs is 1. The van der Waals surface area contributed by atoms with Crippen LogP contribution in [0.1, 0.15) is 35.7 Å². The molecule has 0 radical (unpaired) electrons. The van der Waals surface area contributed by atoms with Crippen LogP contribution in [0.3, 0.4) is 0 Å². The smallest absolute Gasteiger partial charge is 0.142 e. The first kappa shape index (κ1) is 18.6. The molecular formula is C20H27ClN4O2. The molecule has 1 saturated heterocycles. The topological polar surface area (TPSA) is 51.5 Å². The van der Waals surface area contributed by atoms with Gasteiger partial charge in [-0.15, -0.1) is 0 Å². The zero-order chi connectivity index (χ0) is 18.8. The van der Waals surface area contributed by atoms with Crippen molar-refractivity contribution in [2.75, 3.05) is 37.8 Å². The van der Waals surface area contributed by atoms with E-state index < -0.39 is 0 Å². The number of para-hydroxylation sites is 1. The molecule has 1 fully saturated rings. The van der Waals surface area contributed by atoms with E-state index in [1.54, 1.807) is 0 Å². The Bertz CT molecular complexity index is 802. The lowest BCUT2D eigenvalue weighted by atomic mass is 10.0. The summed E-state index contributed by atoms with van der Waals surface area (Å²) in [4.78, 5) is 2.38. The molecule has 0 bridgehead atoms. The van der Waals surface area contributed by atoms with Crippen molar-refractivity contribution >= 4 is 17.4 Å². The van der Waals surface area contributed by atoms with Crippen LogP contribution in [0, 0.1) is 6.92 Å². The number of aryl methyl sites for hydroxylation is 2. The Morgan fingerprint density at radius 3 is 2.89 bits per heavy atom. The monoisotopic (exact) mass is 390 g/mol. The Balaban J connectivity index is 1.57. The van der Waals surface area contributed by atoms with Crippen molar-refractivity contribution in [1.29, 1.82) is 0 Å². The van der Waals surface area contributed by atoms with Crippen molar-refractivity contribution in [3.05, 3.63) is 40.0 Å². The average Bonchev–Trinajstić information content (AvgIpc) is 2.82. The van der Waals surface area contributed by atoms with E-state index in [4.69, 9.17) is 21.1 Å². The number of hydrogen-bond donors (Lipinski definition) is 1. The van der Waals surface area contributed by atoms with Gasteiger partial charge in [0.1, 0.15) is 11.6 Å². The predicted octanol–water partition coefficient (Wildman–Crippen LogP) is 3.22. The van der Waals surface area contributed by atoms with Gasteiger partial charge in [-0.25, -0.2) is 0 Å². The normalized spacial score (nSPS) is 20.1. The summed E-state index contributed by atoms with van der Waals surface area (Å²) >= 11 is 6.37. The number of aromatic nitrogens is 2. The number of halogens is 1. The van der Waals surface area contributed by atoms with Crippen LogP contribution in [-0.2, 0) is 18.3 Å². The fourth-order valence-electron chi connectivity index (χ4n) is 4.07. The van der Waals surface area contributed by atoms with E-state index in [0.29, 0.717) is 11.6 Å². The summed E-state index contributed by atoms with van der Waals surface area (Å²) in [5.41, 5.74) is 3.48. The van der Waals surface area contributed by atoms with Gasteiger partial charge in [-0.2, -0.15) is 5.10 Å². The van der Waals surface area contributed by atoms with Gasteiger partial charge in [0, 0.05) is 43.9 Å². The summed E-state index contributed by atoms with van der Waals surface area (Å²) in [6, 6.07) is 6.23. The number of morpholine rings is 1. The lowest BCUT2D eigenvalue weighted by Gasteiger charge is -2.30. The van der Waals surface area contributed by atoms with Crippen LogP contribution >= 0.6 is 11.6 Å². The maximum Gasteiger partial charge on any atom is 0.142 e. The molecular weight excluding hydrogens is 364 g/mol. The van der Waals surface area contributed by atoms with Crippen molar-refractivity contribution in [3.63, 3.8) is 0 Å². The van der Waals surface area contributed by atoms with Gasteiger partial charge in [0.25, 0.3) is 0 Å². The molecule has 1 aromatic carbocycles. The van der Waals surface area contributed by atoms with E-state index in [-0.39, 0.29) is 6.04 Å².